The van der Waals surface area contributed by atoms with Crippen molar-refractivity contribution in [3.8, 4) is 0 Å². The first-order valence-electron chi connectivity index (χ1n) is 3.71. The van der Waals surface area contributed by atoms with Crippen LogP contribution >= 0.6 is 7.60 Å². The summed E-state index contributed by atoms with van der Waals surface area (Å²) in [4.78, 5) is 0. The highest BCUT2D eigenvalue weighted by molar-refractivity contribution is 7.57. The largest absolute Gasteiger partial charge is 0.354 e. The van der Waals surface area contributed by atoms with Crippen LogP contribution < -0.4 is 0 Å². The maximum absolute atomic E-state index is 11.5. The molecule has 0 saturated heterocycles. The third kappa shape index (κ3) is 4.50. The van der Waals surface area contributed by atoms with E-state index in [1.54, 1.807) is 13.8 Å². The molecule has 0 aromatic rings. The zero-order chi connectivity index (χ0) is 9.61. The lowest BCUT2D eigenvalue weighted by atomic mass is 10.5. The fourth-order valence-electron chi connectivity index (χ4n) is 0.577. The van der Waals surface area contributed by atoms with Crippen molar-refractivity contribution in [2.75, 3.05) is 6.61 Å². The lowest BCUT2D eigenvalue weighted by Gasteiger charge is -2.15. The van der Waals surface area contributed by atoms with E-state index in [9.17, 15) is 4.57 Å². The van der Waals surface area contributed by atoms with Crippen molar-refractivity contribution in [2.24, 2.45) is 0 Å². The predicted molar refractivity (Wildman–Crippen MR) is 50.2 cm³/mol. The molecule has 0 fully saturated rings. The molecule has 0 N–H and O–H groups in total. The summed E-state index contributed by atoms with van der Waals surface area (Å²) in [6.45, 7) is 10.6. The van der Waals surface area contributed by atoms with Crippen LogP contribution in [0.3, 0.4) is 0 Å². The van der Waals surface area contributed by atoms with Gasteiger partial charge in [-0.1, -0.05) is 12.7 Å². The Bertz CT molecular complexity index is 198. The van der Waals surface area contributed by atoms with Crippen molar-refractivity contribution in [3.63, 3.8) is 0 Å². The van der Waals surface area contributed by atoms with Gasteiger partial charge in [0.15, 0.2) is 0 Å². The highest BCUT2D eigenvalue weighted by Crippen LogP contribution is 2.50. The Labute approximate surface area is 73.6 Å². The van der Waals surface area contributed by atoms with E-state index in [4.69, 9.17) is 9.05 Å². The van der Waals surface area contributed by atoms with Gasteiger partial charge in [-0.2, -0.15) is 0 Å². The van der Waals surface area contributed by atoms with Crippen LogP contribution in [0, 0.1) is 0 Å². The molecule has 0 rings (SSSR count). The van der Waals surface area contributed by atoms with Crippen molar-refractivity contribution in [3.05, 3.63) is 25.1 Å². The van der Waals surface area contributed by atoms with E-state index < -0.39 is 7.60 Å². The summed E-state index contributed by atoms with van der Waals surface area (Å²) in [6.07, 6.45) is 1.37. The Hall–Kier alpha value is -0.370. The molecule has 0 aliphatic heterocycles. The topological polar surface area (TPSA) is 35.5 Å². The molecule has 0 saturated carbocycles. The molecule has 12 heavy (non-hydrogen) atoms. The standard InChI is InChI=1S/C8H15O3P/c1-5-7-10-12(9,6-2)11-8(3)4/h5-6,8H,1-2,7H2,3-4H3. The first-order valence-corrected chi connectivity index (χ1v) is 5.32. The molecule has 1 unspecified atom stereocenters. The number of hydrogen-bond acceptors (Lipinski definition) is 3. The predicted octanol–water partition coefficient (Wildman–Crippen LogP) is 2.95. The van der Waals surface area contributed by atoms with Gasteiger partial charge in [-0.25, -0.2) is 0 Å². The van der Waals surface area contributed by atoms with Crippen LogP contribution in [-0.4, -0.2) is 12.7 Å². The molecule has 0 aliphatic carbocycles. The second-order valence-electron chi connectivity index (χ2n) is 2.46. The molecule has 70 valence electrons. The number of rotatable bonds is 6. The lowest BCUT2D eigenvalue weighted by Crippen LogP contribution is -2.01. The van der Waals surface area contributed by atoms with Crippen molar-refractivity contribution in [2.45, 2.75) is 20.0 Å². The van der Waals surface area contributed by atoms with Crippen LogP contribution in [0.25, 0.3) is 0 Å². The van der Waals surface area contributed by atoms with Crippen LogP contribution in [0.15, 0.2) is 25.1 Å². The summed E-state index contributed by atoms with van der Waals surface area (Å²) >= 11 is 0. The molecule has 0 aromatic heterocycles. The Kier molecular flexibility index (Phi) is 5.14. The molecule has 3 nitrogen and oxygen atoms in total. The van der Waals surface area contributed by atoms with Gasteiger partial charge in [-0.05, 0) is 13.8 Å². The van der Waals surface area contributed by atoms with Crippen LogP contribution in [0.2, 0.25) is 0 Å². The van der Waals surface area contributed by atoms with E-state index in [1.165, 1.54) is 11.9 Å². The first kappa shape index (κ1) is 11.6. The number of hydrogen-bond donors (Lipinski definition) is 0. The van der Waals surface area contributed by atoms with Gasteiger partial charge in [0.05, 0.1) is 12.7 Å². The summed E-state index contributed by atoms with van der Waals surface area (Å²) in [7, 11) is -3.08. The minimum absolute atomic E-state index is 0.140. The molecule has 1 atom stereocenters. The van der Waals surface area contributed by atoms with Gasteiger partial charge < -0.3 is 9.05 Å². The summed E-state index contributed by atoms with van der Waals surface area (Å²) in [5, 5.41) is 0. The molecule has 0 aromatic carbocycles. The van der Waals surface area contributed by atoms with E-state index in [0.29, 0.717) is 0 Å². The third-order valence-corrected chi connectivity index (χ3v) is 2.63. The molecular weight excluding hydrogens is 175 g/mol. The minimum atomic E-state index is -3.08. The Morgan fingerprint density at radius 2 is 2.08 bits per heavy atom. The van der Waals surface area contributed by atoms with Crippen molar-refractivity contribution in [1.29, 1.82) is 0 Å². The Morgan fingerprint density at radius 3 is 2.42 bits per heavy atom. The van der Waals surface area contributed by atoms with Crippen molar-refractivity contribution >= 4 is 7.60 Å². The second-order valence-corrected chi connectivity index (χ2v) is 4.37. The molecule has 0 amide bonds. The third-order valence-electron chi connectivity index (χ3n) is 0.954. The Balaban J connectivity index is 4.14. The SMILES string of the molecule is C=CCOP(=O)(C=C)OC(C)C. The van der Waals surface area contributed by atoms with Gasteiger partial charge in [-0.3, -0.25) is 4.57 Å². The maximum Gasteiger partial charge on any atom is 0.354 e. The molecule has 0 spiro atoms. The second kappa shape index (κ2) is 5.31. The first-order chi connectivity index (χ1) is 5.54. The quantitative estimate of drug-likeness (QED) is 0.477. The van der Waals surface area contributed by atoms with Gasteiger partial charge in [0.2, 0.25) is 0 Å². The van der Waals surface area contributed by atoms with Crippen molar-refractivity contribution < 1.29 is 13.6 Å². The Morgan fingerprint density at radius 1 is 1.50 bits per heavy atom. The summed E-state index contributed by atoms with van der Waals surface area (Å²) in [6, 6.07) is 0. The summed E-state index contributed by atoms with van der Waals surface area (Å²) in [5.41, 5.74) is 0. The van der Waals surface area contributed by atoms with E-state index in [0.717, 1.165) is 0 Å². The maximum atomic E-state index is 11.5. The molecule has 0 bridgehead atoms. The molecule has 0 radical (unpaired) electrons. The van der Waals surface area contributed by atoms with Gasteiger partial charge in [0.1, 0.15) is 0 Å². The normalized spacial score (nSPS) is 15.6. The zero-order valence-electron chi connectivity index (χ0n) is 7.53. The average Bonchev–Trinajstić information content (AvgIpc) is 2.00. The van der Waals surface area contributed by atoms with Crippen LogP contribution in [0.5, 0.6) is 0 Å². The summed E-state index contributed by atoms with van der Waals surface area (Å²) in [5.74, 6) is 1.20. The van der Waals surface area contributed by atoms with Crippen LogP contribution in [0.1, 0.15) is 13.8 Å². The van der Waals surface area contributed by atoms with E-state index in [-0.39, 0.29) is 12.7 Å². The van der Waals surface area contributed by atoms with E-state index in [1.807, 2.05) is 0 Å². The highest BCUT2D eigenvalue weighted by Gasteiger charge is 2.20. The van der Waals surface area contributed by atoms with Gasteiger partial charge in [-0.15, -0.1) is 6.58 Å². The molecule has 0 aliphatic rings. The van der Waals surface area contributed by atoms with E-state index in [2.05, 4.69) is 13.2 Å². The van der Waals surface area contributed by atoms with Crippen LogP contribution in [-0.2, 0) is 13.6 Å². The van der Waals surface area contributed by atoms with Crippen molar-refractivity contribution in [1.82, 2.24) is 0 Å². The molecule has 4 heteroatoms. The zero-order valence-corrected chi connectivity index (χ0v) is 8.42. The fraction of sp³-hybridized carbons (Fsp3) is 0.500. The minimum Gasteiger partial charge on any atom is -0.303 e. The van der Waals surface area contributed by atoms with Crippen LogP contribution in [0.4, 0.5) is 0 Å². The van der Waals surface area contributed by atoms with Gasteiger partial charge in [0.25, 0.3) is 0 Å². The van der Waals surface area contributed by atoms with Gasteiger partial charge in [0, 0.05) is 5.82 Å². The van der Waals surface area contributed by atoms with Gasteiger partial charge >= 0.3 is 7.60 Å². The van der Waals surface area contributed by atoms with E-state index >= 15 is 0 Å². The summed E-state index contributed by atoms with van der Waals surface area (Å²) < 4.78 is 21.5. The highest BCUT2D eigenvalue weighted by atomic mass is 31.2. The lowest BCUT2D eigenvalue weighted by molar-refractivity contribution is 0.185. The fourth-order valence-corrected chi connectivity index (χ4v) is 1.73. The molecule has 0 heterocycles. The average molecular weight is 190 g/mol. The smallest absolute Gasteiger partial charge is 0.303 e. The monoisotopic (exact) mass is 190 g/mol. The molecular formula is C8H15O3P.